The Morgan fingerprint density at radius 2 is 0.752 bits per heavy atom. The third-order valence-corrected chi connectivity index (χ3v) is 18.7. The molecule has 10 aromatic rings. The standard InChI is InChI=1S/C20H14N2O10S3.C18H15N3O9S2.C16H12N2O7S2.7Na/c23-20-18(35(30,31)32)10-11-9-12(33(24,25)26)5-6-13(11)19(20)22-21-16-7-8-17(34(27,28)29)15-4-2-1-3-14(15)16;1-9(22)19-16-14-10(8-13(17(16)23)32(28,29)30)7-12(31(25,26)27)15(18(14)24)21-20-11-5-3-2-4-6-11;19-15-8-1-10-9-13(27(23,24)25)6-7-14(10)16(15)18-17-11-2-4-12(5-3-11)26(20,21)22;;;;;;;/h1-10,23H,(H,24,25,26)(H,27,28,29)(H,30,31,32);2-8,23-24H,1H3,(H,19,22)(H,25,26,27)(H,28,29,30);1-9,19H,(H,20,21,22)(H,23,24,25);;;;;;;/q;;;7*+1/p-7. The Balaban J connectivity index is 0.000000738. The number of carbonyl (C=O) groups excluding carboxylic acids is 1. The van der Waals surface area contributed by atoms with Crippen LogP contribution in [0.5, 0.6) is 23.0 Å². The molecule has 101 heavy (non-hydrogen) atoms. The van der Waals surface area contributed by atoms with Gasteiger partial charge < -0.3 is 57.6 Å². The largest absolute Gasteiger partial charge is 1.00 e. The SMILES string of the molecule is CC(=O)Nc1c(O)c(S(=O)(=O)[O-])cc2cc(S(=O)(=O)[O-])c(N=Nc3ccccc3)c(O)c12.O=S(=O)([O-])c1ccc(N=Nc2c(O)ccc3cc(S(=O)(=O)[O-])ccc23)cc1.O=S(=O)([O-])c1ccc2c(N=Nc3ccc(S(=O)(=O)[O-])c4ccccc34)c(O)c(S(=O)(=O)[O-])cc2c1.[Na+].[Na+].[Na+].[Na+].[Na+].[Na+].[Na+]. The van der Waals surface area contributed by atoms with Crippen LogP contribution in [0.1, 0.15) is 6.92 Å². The zero-order chi connectivity index (χ0) is 69.4. The molecule has 0 aromatic heterocycles. The molecule has 0 aliphatic heterocycles. The van der Waals surface area contributed by atoms with E-state index < -0.39 is 156 Å². The Morgan fingerprint density at radius 3 is 1.25 bits per heavy atom. The molecule has 0 fully saturated rings. The van der Waals surface area contributed by atoms with Crippen LogP contribution in [0.2, 0.25) is 0 Å². The van der Waals surface area contributed by atoms with Crippen molar-refractivity contribution in [2.45, 2.75) is 41.2 Å². The zero-order valence-corrected chi connectivity index (χ0v) is 73.0. The van der Waals surface area contributed by atoms with E-state index in [1.165, 1.54) is 66.7 Å². The molecule has 0 saturated heterocycles. The molecule has 490 valence electrons. The van der Waals surface area contributed by atoms with Gasteiger partial charge in [0.1, 0.15) is 93.6 Å². The number of aromatic hydroxyl groups is 4. The molecule has 10 rings (SSSR count). The summed E-state index contributed by atoms with van der Waals surface area (Å²) in [6, 6.07) is 31.5. The van der Waals surface area contributed by atoms with Crippen molar-refractivity contribution in [3.05, 3.63) is 158 Å². The zero-order valence-electron chi connectivity index (χ0n) is 53.3. The van der Waals surface area contributed by atoms with Gasteiger partial charge in [-0.05, 0) is 113 Å². The van der Waals surface area contributed by atoms with Crippen molar-refractivity contribution in [3.63, 3.8) is 0 Å². The number of hydrogen-bond acceptors (Lipinski definition) is 32. The topological polar surface area (TPSA) is 585 Å². The van der Waals surface area contributed by atoms with Crippen LogP contribution in [-0.2, 0) is 75.6 Å². The van der Waals surface area contributed by atoms with E-state index in [1.54, 1.807) is 18.2 Å². The van der Waals surface area contributed by atoms with Crippen LogP contribution in [0, 0.1) is 0 Å². The number of anilines is 1. The van der Waals surface area contributed by atoms with Crippen LogP contribution in [0.4, 0.5) is 39.8 Å². The Morgan fingerprint density at radius 1 is 0.337 bits per heavy atom. The predicted octanol–water partition coefficient (Wildman–Crippen LogP) is -12.9. The van der Waals surface area contributed by atoms with E-state index in [4.69, 9.17) is 0 Å². The van der Waals surface area contributed by atoms with E-state index in [-0.39, 0.29) is 257 Å². The number of fused-ring (bicyclic) bond motifs is 4. The second-order valence-electron chi connectivity index (χ2n) is 19.0. The molecule has 0 unspecified atom stereocenters. The molecule has 10 aromatic carbocycles. The van der Waals surface area contributed by atoms with Gasteiger partial charge in [0, 0.05) is 28.5 Å². The quantitative estimate of drug-likeness (QED) is 0.0292. The molecule has 1 amide bonds. The Bertz CT molecular complexity index is 5790. The Kier molecular flexibility index (Phi) is 36.4. The van der Waals surface area contributed by atoms with E-state index in [0.717, 1.165) is 61.5 Å². The monoisotopic (exact) mass is 1580 g/mol. The number of phenolic OH excluding ortho intramolecular Hbond substituents is 4. The van der Waals surface area contributed by atoms with Gasteiger partial charge in [-0.25, -0.2) is 58.9 Å². The maximum absolute atomic E-state index is 11.8. The average molecular weight is 1580 g/mol. The number of amides is 1. The first-order valence-corrected chi connectivity index (χ1v) is 34.9. The van der Waals surface area contributed by atoms with Crippen LogP contribution in [0.3, 0.4) is 0 Å². The number of carbonyl (C=O) groups is 1. The van der Waals surface area contributed by atoms with Gasteiger partial charge in [-0.1, -0.05) is 60.7 Å². The molecule has 0 atom stereocenters. The average Bonchev–Trinajstić information content (AvgIpc) is 0.745. The molecule has 0 radical (unpaired) electrons. The van der Waals surface area contributed by atoms with Crippen molar-refractivity contribution < 1.29 is 323 Å². The maximum atomic E-state index is 11.8. The Labute approximate surface area is 729 Å². The first-order chi connectivity index (χ1) is 43.5. The maximum Gasteiger partial charge on any atom is 1.00 e. The van der Waals surface area contributed by atoms with Crippen LogP contribution in [0.25, 0.3) is 43.1 Å². The summed E-state index contributed by atoms with van der Waals surface area (Å²) in [6.45, 7) is 0.993. The van der Waals surface area contributed by atoms with Gasteiger partial charge in [0.05, 0.1) is 62.4 Å². The minimum atomic E-state index is -5.30. The number of benzene rings is 10. The van der Waals surface area contributed by atoms with Gasteiger partial charge in [-0.2, -0.15) is 10.2 Å². The van der Waals surface area contributed by atoms with Gasteiger partial charge in [0.25, 0.3) is 0 Å². The van der Waals surface area contributed by atoms with Crippen molar-refractivity contribution in [2.75, 3.05) is 5.32 Å². The van der Waals surface area contributed by atoms with E-state index in [0.29, 0.717) is 29.0 Å². The molecule has 33 nitrogen and oxygen atoms in total. The summed E-state index contributed by atoms with van der Waals surface area (Å²) >= 11 is 0. The molecule has 0 spiro atoms. The number of hydrogen-bond donors (Lipinski definition) is 5. The number of nitrogens with zero attached hydrogens (tertiary/aromatic N) is 6. The summed E-state index contributed by atoms with van der Waals surface area (Å²) < 4.78 is 240. The molecule has 0 aliphatic rings. The molecular weight excluding hydrogens is 1550 g/mol. The number of nitrogens with one attached hydrogen (secondary N) is 1. The minimum Gasteiger partial charge on any atom is -0.744 e. The van der Waals surface area contributed by atoms with Gasteiger partial charge >= 0.3 is 207 Å². The van der Waals surface area contributed by atoms with Gasteiger partial charge in [-0.15, -0.1) is 20.5 Å². The first kappa shape index (κ1) is 96.1. The van der Waals surface area contributed by atoms with Gasteiger partial charge in [0.15, 0.2) is 17.2 Å². The fourth-order valence-electron chi connectivity index (χ4n) is 8.63. The summed E-state index contributed by atoms with van der Waals surface area (Å²) in [5.41, 5.74) is -1.54. The minimum absolute atomic E-state index is 0. The van der Waals surface area contributed by atoms with E-state index in [9.17, 15) is 116 Å². The summed E-state index contributed by atoms with van der Waals surface area (Å²) in [5.74, 6) is -4.33. The van der Waals surface area contributed by atoms with E-state index in [1.807, 2.05) is 0 Å². The van der Waals surface area contributed by atoms with Gasteiger partial charge in [0.2, 0.25) is 5.91 Å². The van der Waals surface area contributed by atoms with Crippen molar-refractivity contribution in [2.24, 2.45) is 30.7 Å². The van der Waals surface area contributed by atoms with Crippen molar-refractivity contribution in [1.82, 2.24) is 0 Å². The molecule has 0 heterocycles. The molecule has 0 bridgehead atoms. The summed E-state index contributed by atoms with van der Waals surface area (Å²) in [6.07, 6.45) is 0. The van der Waals surface area contributed by atoms with Crippen molar-refractivity contribution in [1.29, 1.82) is 0 Å². The predicted molar refractivity (Wildman–Crippen MR) is 318 cm³/mol. The fourth-order valence-corrected chi connectivity index (χ4v) is 12.7. The van der Waals surface area contributed by atoms with Crippen molar-refractivity contribution in [3.8, 4) is 23.0 Å². The normalized spacial score (nSPS) is 11.8. The molecule has 0 aliphatic carbocycles. The second kappa shape index (κ2) is 38.2. The second-order valence-corrected chi connectivity index (χ2v) is 28.5. The third-order valence-electron chi connectivity index (χ3n) is 12.7. The van der Waals surface area contributed by atoms with Crippen molar-refractivity contribution >= 4 is 160 Å². The molecular formula is C54H34N7Na7O26S7. The summed E-state index contributed by atoms with van der Waals surface area (Å²) in [4.78, 5) is 6.12. The van der Waals surface area contributed by atoms with Gasteiger partial charge in [-0.3, -0.25) is 4.79 Å². The van der Waals surface area contributed by atoms with Crippen LogP contribution < -0.4 is 212 Å². The number of azo groups is 3. The Hall–Kier alpha value is -2.92. The first-order valence-electron chi connectivity index (χ1n) is 25.1. The fraction of sp³-hybridized carbons (Fsp3) is 0.0185. The van der Waals surface area contributed by atoms with Crippen LogP contribution in [0.15, 0.2) is 223 Å². The summed E-state index contributed by atoms with van der Waals surface area (Å²) in [7, 11) is -34.8. The van der Waals surface area contributed by atoms with Crippen LogP contribution >= 0.6 is 0 Å². The number of rotatable bonds is 14. The molecule has 47 heteroatoms. The molecule has 0 saturated carbocycles. The summed E-state index contributed by atoms with van der Waals surface area (Å²) in [5, 5.41) is 66.2. The molecule has 5 N–H and O–H groups in total. The van der Waals surface area contributed by atoms with Crippen LogP contribution in [-0.4, -0.2) is 117 Å². The van der Waals surface area contributed by atoms with E-state index >= 15 is 0 Å². The third kappa shape index (κ3) is 24.0. The smallest absolute Gasteiger partial charge is 0.744 e. The number of phenols is 4. The van der Waals surface area contributed by atoms with E-state index in [2.05, 4.69) is 36.0 Å².